The van der Waals surface area contributed by atoms with Crippen molar-refractivity contribution in [3.8, 4) is 0 Å². The van der Waals surface area contributed by atoms with E-state index in [1.54, 1.807) is 0 Å². The van der Waals surface area contributed by atoms with Gasteiger partial charge in [0, 0.05) is 19.1 Å². The Hall–Kier alpha value is -0.290. The number of halogens is 3. The van der Waals surface area contributed by atoms with Crippen LogP contribution in [-0.4, -0.2) is 42.9 Å². The monoisotopic (exact) mass is 211 g/mol. The molecule has 0 radical (unpaired) electrons. The van der Waals surface area contributed by atoms with Crippen molar-refractivity contribution in [3.05, 3.63) is 0 Å². The first-order chi connectivity index (χ1) is 6.45. The van der Waals surface area contributed by atoms with Crippen LogP contribution in [0.5, 0.6) is 0 Å². The van der Waals surface area contributed by atoms with E-state index in [4.69, 9.17) is 4.74 Å². The third-order valence-corrected chi connectivity index (χ3v) is 2.68. The number of alkyl halides is 3. The molecule has 2 unspecified atom stereocenters. The third kappa shape index (κ3) is 2.85. The Labute approximate surface area is 82.0 Å². The average Bonchev–Trinajstić information content (AvgIpc) is 2.15. The fourth-order valence-corrected chi connectivity index (χ4v) is 1.53. The quantitative estimate of drug-likeness (QED) is 0.693. The van der Waals surface area contributed by atoms with Gasteiger partial charge in [-0.1, -0.05) is 6.92 Å². The van der Waals surface area contributed by atoms with Crippen LogP contribution < -0.4 is 0 Å². The summed E-state index contributed by atoms with van der Waals surface area (Å²) in [6, 6.07) is 0.198. The van der Waals surface area contributed by atoms with Crippen LogP contribution in [0.2, 0.25) is 0 Å². The molecule has 14 heavy (non-hydrogen) atoms. The van der Waals surface area contributed by atoms with Crippen molar-refractivity contribution in [1.29, 1.82) is 0 Å². The van der Waals surface area contributed by atoms with Gasteiger partial charge in [0.1, 0.15) is 0 Å². The second-order valence-electron chi connectivity index (χ2n) is 3.65. The average molecular weight is 211 g/mol. The third-order valence-electron chi connectivity index (χ3n) is 2.68. The first-order valence-electron chi connectivity index (χ1n) is 4.87. The fourth-order valence-electron chi connectivity index (χ4n) is 1.53. The van der Waals surface area contributed by atoms with E-state index in [1.807, 2.05) is 18.7 Å². The second-order valence-corrected chi connectivity index (χ2v) is 3.65. The van der Waals surface area contributed by atoms with Crippen LogP contribution in [0.15, 0.2) is 0 Å². The molecule has 0 spiro atoms. The van der Waals surface area contributed by atoms with Crippen LogP contribution >= 0.6 is 0 Å². The number of morpholine rings is 1. The predicted octanol–water partition coefficient (Wildman–Crippen LogP) is 2.05. The van der Waals surface area contributed by atoms with E-state index < -0.39 is 12.3 Å². The van der Waals surface area contributed by atoms with Gasteiger partial charge < -0.3 is 4.74 Å². The van der Waals surface area contributed by atoms with Gasteiger partial charge in [0.2, 0.25) is 0 Å². The maximum Gasteiger partial charge on any atom is 0.415 e. The van der Waals surface area contributed by atoms with Crippen molar-refractivity contribution in [2.24, 2.45) is 0 Å². The normalized spacial score (nSPS) is 27.6. The van der Waals surface area contributed by atoms with Gasteiger partial charge in [0.15, 0.2) is 6.10 Å². The van der Waals surface area contributed by atoms with E-state index in [2.05, 4.69) is 0 Å². The van der Waals surface area contributed by atoms with E-state index in [0.717, 1.165) is 6.42 Å². The summed E-state index contributed by atoms with van der Waals surface area (Å²) in [5, 5.41) is 0. The zero-order valence-electron chi connectivity index (χ0n) is 8.47. The summed E-state index contributed by atoms with van der Waals surface area (Å²) in [5.41, 5.74) is 0. The molecule has 0 N–H and O–H groups in total. The van der Waals surface area contributed by atoms with Gasteiger partial charge in [0.25, 0.3) is 0 Å². The first kappa shape index (κ1) is 11.8. The lowest BCUT2D eigenvalue weighted by Crippen LogP contribution is -2.51. The van der Waals surface area contributed by atoms with Crippen LogP contribution in [0.4, 0.5) is 13.2 Å². The number of hydrogen-bond acceptors (Lipinski definition) is 2. The summed E-state index contributed by atoms with van der Waals surface area (Å²) in [4.78, 5) is 1.83. The number of ether oxygens (including phenoxy) is 1. The van der Waals surface area contributed by atoms with E-state index in [1.165, 1.54) is 0 Å². The molecule has 2 atom stereocenters. The number of hydrogen-bond donors (Lipinski definition) is 0. The van der Waals surface area contributed by atoms with Gasteiger partial charge in [-0.05, 0) is 13.3 Å². The van der Waals surface area contributed by atoms with E-state index in [9.17, 15) is 13.2 Å². The van der Waals surface area contributed by atoms with Crippen LogP contribution in [0.3, 0.4) is 0 Å². The molecule has 0 aromatic carbocycles. The topological polar surface area (TPSA) is 12.5 Å². The predicted molar refractivity (Wildman–Crippen MR) is 47.1 cm³/mol. The summed E-state index contributed by atoms with van der Waals surface area (Å²) in [7, 11) is 0. The lowest BCUT2D eigenvalue weighted by atomic mass is 10.1. The highest BCUT2D eigenvalue weighted by Crippen LogP contribution is 2.26. The minimum Gasteiger partial charge on any atom is -0.366 e. The minimum absolute atomic E-state index is 0.0293. The fraction of sp³-hybridized carbons (Fsp3) is 1.00. The maximum atomic E-state index is 12.3. The highest BCUT2D eigenvalue weighted by molar-refractivity contribution is 4.79. The van der Waals surface area contributed by atoms with Crippen molar-refractivity contribution in [1.82, 2.24) is 4.90 Å². The van der Waals surface area contributed by atoms with Crippen LogP contribution in [0.1, 0.15) is 20.3 Å². The van der Waals surface area contributed by atoms with Gasteiger partial charge in [-0.2, -0.15) is 13.2 Å². The molecule has 0 saturated carbocycles. The van der Waals surface area contributed by atoms with Gasteiger partial charge in [0.05, 0.1) is 6.61 Å². The van der Waals surface area contributed by atoms with Crippen molar-refractivity contribution < 1.29 is 17.9 Å². The van der Waals surface area contributed by atoms with E-state index >= 15 is 0 Å². The SMILES string of the molecule is CCC(C)N1CCOC(C(F)(F)F)C1. The standard InChI is InChI=1S/C9H16F3NO/c1-3-7(2)13-4-5-14-8(6-13)9(10,11)12/h7-8H,3-6H2,1-2H3. The second kappa shape index (κ2) is 4.49. The smallest absolute Gasteiger partial charge is 0.366 e. The molecule has 5 heteroatoms. The largest absolute Gasteiger partial charge is 0.415 e. The number of nitrogens with zero attached hydrogens (tertiary/aromatic N) is 1. The summed E-state index contributed by atoms with van der Waals surface area (Å²) in [6.07, 6.45) is -4.97. The Balaban J connectivity index is 2.52. The maximum absolute atomic E-state index is 12.3. The van der Waals surface area contributed by atoms with Gasteiger partial charge in [-0.3, -0.25) is 4.90 Å². The molecule has 84 valence electrons. The van der Waals surface area contributed by atoms with Gasteiger partial charge >= 0.3 is 6.18 Å². The molecule has 0 aromatic heterocycles. The molecule has 0 bridgehead atoms. The molecule has 1 fully saturated rings. The lowest BCUT2D eigenvalue weighted by molar-refractivity contribution is -0.239. The van der Waals surface area contributed by atoms with Crippen LogP contribution in [-0.2, 0) is 4.74 Å². The first-order valence-corrected chi connectivity index (χ1v) is 4.87. The van der Waals surface area contributed by atoms with Gasteiger partial charge in [-0.25, -0.2) is 0 Å². The molecule has 1 saturated heterocycles. The van der Waals surface area contributed by atoms with Crippen molar-refractivity contribution in [2.75, 3.05) is 19.7 Å². The number of rotatable bonds is 2. The molecule has 1 aliphatic rings. The Bertz CT molecular complexity index is 183. The Morgan fingerprint density at radius 2 is 2.14 bits per heavy atom. The molecule has 1 rings (SSSR count). The molecule has 1 aliphatic heterocycles. The zero-order valence-corrected chi connectivity index (χ0v) is 8.47. The van der Waals surface area contributed by atoms with Crippen molar-refractivity contribution in [3.63, 3.8) is 0 Å². The molecule has 1 heterocycles. The molecule has 0 aromatic rings. The van der Waals surface area contributed by atoms with Crippen molar-refractivity contribution in [2.45, 2.75) is 38.6 Å². The van der Waals surface area contributed by atoms with Crippen LogP contribution in [0.25, 0.3) is 0 Å². The van der Waals surface area contributed by atoms with Crippen LogP contribution in [0, 0.1) is 0 Å². The summed E-state index contributed by atoms with van der Waals surface area (Å²) < 4.78 is 41.7. The van der Waals surface area contributed by atoms with E-state index in [-0.39, 0.29) is 19.2 Å². The highest BCUT2D eigenvalue weighted by Gasteiger charge is 2.43. The summed E-state index contributed by atoms with van der Waals surface area (Å²) in [5.74, 6) is 0. The summed E-state index contributed by atoms with van der Waals surface area (Å²) >= 11 is 0. The van der Waals surface area contributed by atoms with Crippen molar-refractivity contribution >= 4 is 0 Å². The van der Waals surface area contributed by atoms with Gasteiger partial charge in [-0.15, -0.1) is 0 Å². The lowest BCUT2D eigenvalue weighted by Gasteiger charge is -2.37. The minimum atomic E-state index is -4.23. The molecule has 0 aliphatic carbocycles. The molecular weight excluding hydrogens is 195 g/mol. The Morgan fingerprint density at radius 1 is 1.50 bits per heavy atom. The summed E-state index contributed by atoms with van der Waals surface area (Å²) in [6.45, 7) is 4.66. The Kier molecular flexibility index (Phi) is 3.78. The molecule has 0 amide bonds. The van der Waals surface area contributed by atoms with E-state index in [0.29, 0.717) is 6.54 Å². The highest BCUT2D eigenvalue weighted by atomic mass is 19.4. The molecule has 2 nitrogen and oxygen atoms in total. The Morgan fingerprint density at radius 3 is 2.64 bits per heavy atom. The zero-order chi connectivity index (χ0) is 10.8. The molecular formula is C9H16F3NO.